The summed E-state index contributed by atoms with van der Waals surface area (Å²) < 4.78 is 1.90. The molecule has 9 heteroatoms. The molecule has 6 nitrogen and oxygen atoms in total. The van der Waals surface area contributed by atoms with E-state index in [9.17, 15) is 4.79 Å². The van der Waals surface area contributed by atoms with E-state index in [-0.39, 0.29) is 11.9 Å². The molecule has 1 unspecified atom stereocenters. The van der Waals surface area contributed by atoms with Gasteiger partial charge in [0.2, 0.25) is 11.0 Å². The van der Waals surface area contributed by atoms with E-state index < -0.39 is 0 Å². The van der Waals surface area contributed by atoms with E-state index in [0.29, 0.717) is 10.9 Å². The van der Waals surface area contributed by atoms with E-state index in [2.05, 4.69) is 32.6 Å². The van der Waals surface area contributed by atoms with Gasteiger partial charge >= 0.3 is 0 Å². The minimum atomic E-state index is -0.0801. The number of nitrogens with one attached hydrogen (secondary N) is 1. The summed E-state index contributed by atoms with van der Waals surface area (Å²) in [7, 11) is 1.82. The van der Waals surface area contributed by atoms with Gasteiger partial charge in [-0.25, -0.2) is 4.98 Å². The summed E-state index contributed by atoms with van der Waals surface area (Å²) in [5.41, 5.74) is 3.13. The third kappa shape index (κ3) is 4.80. The molecule has 0 spiro atoms. The number of rotatable bonds is 7. The van der Waals surface area contributed by atoms with Gasteiger partial charge in [0, 0.05) is 12.7 Å². The fourth-order valence-corrected chi connectivity index (χ4v) is 5.60. The molecule has 0 bridgehead atoms. The van der Waals surface area contributed by atoms with E-state index in [1.54, 1.807) is 16.2 Å². The molecule has 0 fully saturated rings. The van der Waals surface area contributed by atoms with Gasteiger partial charge in [-0.3, -0.25) is 4.79 Å². The molecular weight excluding hydrogens is 434 g/mol. The normalized spacial score (nSPS) is 12.1. The smallest absolute Gasteiger partial charge is 0.233 e. The number of hydrogen-bond acceptors (Lipinski definition) is 8. The van der Waals surface area contributed by atoms with Crippen LogP contribution in [-0.4, -0.2) is 38.8 Å². The van der Waals surface area contributed by atoms with E-state index in [1.807, 2.05) is 57.3 Å². The van der Waals surface area contributed by atoms with Crippen LogP contribution in [0.15, 0.2) is 52.9 Å². The molecule has 4 aromatic rings. The van der Waals surface area contributed by atoms with Crippen LogP contribution in [0.3, 0.4) is 0 Å². The predicted molar refractivity (Wildman–Crippen MR) is 126 cm³/mol. The van der Waals surface area contributed by atoms with Gasteiger partial charge in [-0.15, -0.1) is 21.5 Å². The van der Waals surface area contributed by atoms with E-state index in [4.69, 9.17) is 0 Å². The number of nitrogens with zero attached hydrogens (tertiary/aromatic N) is 4. The molecule has 0 saturated heterocycles. The number of carbonyl (C=O) groups is 1. The molecule has 0 aliphatic heterocycles. The molecule has 4 rings (SSSR count). The van der Waals surface area contributed by atoms with Crippen LogP contribution in [0.5, 0.6) is 0 Å². The fourth-order valence-electron chi connectivity index (χ4n) is 2.84. The minimum Gasteiger partial charge on any atom is -0.336 e. The average molecular weight is 456 g/mol. The summed E-state index contributed by atoms with van der Waals surface area (Å²) >= 11 is 4.48. The molecule has 30 heavy (non-hydrogen) atoms. The van der Waals surface area contributed by atoms with Crippen LogP contribution >= 0.6 is 34.4 Å². The lowest BCUT2D eigenvalue weighted by Gasteiger charge is -2.22. The maximum atomic E-state index is 12.7. The van der Waals surface area contributed by atoms with Crippen LogP contribution in [-0.2, 0) is 4.79 Å². The van der Waals surface area contributed by atoms with Gasteiger partial charge in [0.05, 0.1) is 22.0 Å². The molecule has 2 aromatic carbocycles. The number of thiazole rings is 1. The van der Waals surface area contributed by atoms with Crippen molar-refractivity contribution in [3.63, 3.8) is 0 Å². The zero-order valence-corrected chi connectivity index (χ0v) is 19.3. The minimum absolute atomic E-state index is 0.0372. The van der Waals surface area contributed by atoms with Gasteiger partial charge in [0.25, 0.3) is 0 Å². The molecule has 154 valence electrons. The van der Waals surface area contributed by atoms with Crippen molar-refractivity contribution < 1.29 is 4.79 Å². The Labute approximate surface area is 187 Å². The largest absolute Gasteiger partial charge is 0.336 e. The molecule has 0 aliphatic carbocycles. The van der Waals surface area contributed by atoms with Gasteiger partial charge in [0.1, 0.15) is 5.01 Å². The van der Waals surface area contributed by atoms with Crippen LogP contribution in [0.25, 0.3) is 10.2 Å². The Morgan fingerprint density at radius 1 is 1.17 bits per heavy atom. The summed E-state index contributed by atoms with van der Waals surface area (Å²) in [5.74, 6) is 0.348. The zero-order valence-electron chi connectivity index (χ0n) is 16.8. The summed E-state index contributed by atoms with van der Waals surface area (Å²) in [5, 5.41) is 13.3. The number of para-hydroxylation sites is 1. The second-order valence-electron chi connectivity index (χ2n) is 6.86. The fraction of sp³-hybridized carbons (Fsp3) is 0.238. The summed E-state index contributed by atoms with van der Waals surface area (Å²) in [6.07, 6.45) is 0. The Balaban J connectivity index is 1.34. The quantitative estimate of drug-likeness (QED) is 0.371. The average Bonchev–Trinajstić information content (AvgIpc) is 3.37. The molecule has 1 atom stereocenters. The SMILES string of the molecule is Cc1cccc(Nc2nnc(SCC(=O)N(C)C(C)c3nc4ccccc4s3)s2)c1. The van der Waals surface area contributed by atoms with Gasteiger partial charge in [-0.05, 0) is 43.7 Å². The van der Waals surface area contributed by atoms with E-state index in [1.165, 1.54) is 28.7 Å². The van der Waals surface area contributed by atoms with Crippen molar-refractivity contribution in [3.8, 4) is 0 Å². The molecule has 1 amide bonds. The monoisotopic (exact) mass is 455 g/mol. The van der Waals surface area contributed by atoms with Crippen LogP contribution < -0.4 is 5.32 Å². The molecule has 2 heterocycles. The Morgan fingerprint density at radius 3 is 2.80 bits per heavy atom. The second-order valence-corrected chi connectivity index (χ2v) is 10.1. The second kappa shape index (κ2) is 9.11. The van der Waals surface area contributed by atoms with Crippen molar-refractivity contribution in [2.45, 2.75) is 24.2 Å². The standard InChI is InChI=1S/C21H21N5OS3/c1-13-7-6-8-15(11-13)22-20-24-25-21(30-20)28-12-18(27)26(3)14(2)19-23-16-9-4-5-10-17(16)29-19/h4-11,14H,12H2,1-3H3,(H,22,24). The molecule has 0 radical (unpaired) electrons. The van der Waals surface area contributed by atoms with Crippen molar-refractivity contribution in [2.24, 2.45) is 0 Å². The number of hydrogen-bond donors (Lipinski definition) is 1. The first-order chi connectivity index (χ1) is 14.5. The molecule has 0 aliphatic rings. The number of thioether (sulfide) groups is 1. The van der Waals surface area contributed by atoms with Crippen LogP contribution in [0.1, 0.15) is 23.5 Å². The number of benzene rings is 2. The third-order valence-corrected chi connectivity index (χ3v) is 7.80. The van der Waals surface area contributed by atoms with Crippen molar-refractivity contribution in [1.82, 2.24) is 20.1 Å². The lowest BCUT2D eigenvalue weighted by atomic mass is 10.2. The number of carbonyl (C=O) groups excluding carboxylic acids is 1. The molecule has 2 aromatic heterocycles. The van der Waals surface area contributed by atoms with E-state index in [0.717, 1.165) is 25.3 Å². The maximum Gasteiger partial charge on any atom is 0.233 e. The topological polar surface area (TPSA) is 71.0 Å². The number of aromatic nitrogens is 3. The van der Waals surface area contributed by atoms with Gasteiger partial charge in [0.15, 0.2) is 4.34 Å². The van der Waals surface area contributed by atoms with Crippen molar-refractivity contribution in [1.29, 1.82) is 0 Å². The van der Waals surface area contributed by atoms with Crippen LogP contribution in [0.4, 0.5) is 10.8 Å². The summed E-state index contributed by atoms with van der Waals surface area (Å²) in [6.45, 7) is 4.05. The first-order valence-corrected chi connectivity index (χ1v) is 12.0. The Hall–Kier alpha value is -2.49. The number of anilines is 2. The van der Waals surface area contributed by atoms with E-state index >= 15 is 0 Å². The van der Waals surface area contributed by atoms with Gasteiger partial charge in [-0.1, -0.05) is 47.4 Å². The van der Waals surface area contributed by atoms with Crippen LogP contribution in [0.2, 0.25) is 0 Å². The first-order valence-electron chi connectivity index (χ1n) is 9.41. The Morgan fingerprint density at radius 2 is 2.00 bits per heavy atom. The number of amides is 1. The highest BCUT2D eigenvalue weighted by Gasteiger charge is 2.21. The summed E-state index contributed by atoms with van der Waals surface area (Å²) in [4.78, 5) is 19.1. The van der Waals surface area contributed by atoms with Crippen LogP contribution in [0, 0.1) is 6.92 Å². The highest BCUT2D eigenvalue weighted by Crippen LogP contribution is 2.31. The predicted octanol–water partition coefficient (Wildman–Crippen LogP) is 5.51. The first kappa shape index (κ1) is 20.8. The van der Waals surface area contributed by atoms with Gasteiger partial charge < -0.3 is 10.2 Å². The zero-order chi connectivity index (χ0) is 21.1. The maximum absolute atomic E-state index is 12.7. The molecule has 1 N–H and O–H groups in total. The molecular formula is C21H21N5OS3. The summed E-state index contributed by atoms with van der Waals surface area (Å²) in [6, 6.07) is 16.0. The van der Waals surface area contributed by atoms with Crippen molar-refractivity contribution in [2.75, 3.05) is 18.1 Å². The third-order valence-electron chi connectivity index (χ3n) is 4.64. The Bertz CT molecular complexity index is 1140. The molecule has 0 saturated carbocycles. The highest BCUT2D eigenvalue weighted by atomic mass is 32.2. The van der Waals surface area contributed by atoms with Crippen molar-refractivity contribution >= 4 is 61.4 Å². The lowest BCUT2D eigenvalue weighted by molar-refractivity contribution is -0.128. The Kier molecular flexibility index (Phi) is 6.31. The van der Waals surface area contributed by atoms with Crippen molar-refractivity contribution in [3.05, 3.63) is 59.1 Å². The lowest BCUT2D eigenvalue weighted by Crippen LogP contribution is -2.31. The van der Waals surface area contributed by atoms with Gasteiger partial charge in [-0.2, -0.15) is 0 Å². The number of aryl methyl sites for hydroxylation is 1. The highest BCUT2D eigenvalue weighted by molar-refractivity contribution is 8.01. The number of fused-ring (bicyclic) bond motifs is 1.